The van der Waals surface area contributed by atoms with Gasteiger partial charge in [0.25, 0.3) is 5.91 Å². The summed E-state index contributed by atoms with van der Waals surface area (Å²) in [4.78, 5) is 38.1. The van der Waals surface area contributed by atoms with Gasteiger partial charge in [0.1, 0.15) is 11.5 Å². The van der Waals surface area contributed by atoms with Gasteiger partial charge in [0.2, 0.25) is 5.91 Å². The van der Waals surface area contributed by atoms with E-state index < -0.39 is 24.4 Å². The van der Waals surface area contributed by atoms with E-state index in [9.17, 15) is 14.4 Å². The van der Waals surface area contributed by atoms with Crippen molar-refractivity contribution < 1.29 is 28.6 Å². The van der Waals surface area contributed by atoms with Gasteiger partial charge in [-0.15, -0.1) is 0 Å². The highest BCUT2D eigenvalue weighted by Crippen LogP contribution is 2.27. The van der Waals surface area contributed by atoms with E-state index >= 15 is 0 Å². The van der Waals surface area contributed by atoms with Crippen molar-refractivity contribution in [3.05, 3.63) is 48.5 Å². The summed E-state index contributed by atoms with van der Waals surface area (Å²) < 4.78 is 15.3. The lowest BCUT2D eigenvalue weighted by Crippen LogP contribution is -2.28. The second-order valence-corrected chi connectivity index (χ2v) is 6.49. The molecule has 0 saturated carbocycles. The van der Waals surface area contributed by atoms with Crippen LogP contribution in [0.3, 0.4) is 0 Å². The maximum absolute atomic E-state index is 12.3. The summed E-state index contributed by atoms with van der Waals surface area (Å²) in [5.74, 6) is -0.549. The van der Waals surface area contributed by atoms with Gasteiger partial charge in [-0.3, -0.25) is 14.4 Å². The maximum Gasteiger partial charge on any atom is 0.311 e. The summed E-state index contributed by atoms with van der Waals surface area (Å²) in [5.41, 5.74) is 1.22. The van der Waals surface area contributed by atoms with E-state index in [2.05, 4.69) is 5.32 Å². The molecule has 3 rings (SSSR count). The minimum absolute atomic E-state index is 0.0440. The number of esters is 1. The van der Waals surface area contributed by atoms with Crippen LogP contribution in [-0.2, 0) is 19.1 Å². The number of hydrogen-bond donors (Lipinski definition) is 1. The van der Waals surface area contributed by atoms with E-state index in [1.807, 2.05) is 0 Å². The highest BCUT2D eigenvalue weighted by molar-refractivity contribution is 6.00. The molecule has 2 aromatic carbocycles. The van der Waals surface area contributed by atoms with E-state index in [1.165, 1.54) is 12.0 Å². The summed E-state index contributed by atoms with van der Waals surface area (Å²) in [5, 5.41) is 2.63. The van der Waals surface area contributed by atoms with E-state index in [0.717, 1.165) is 0 Å². The van der Waals surface area contributed by atoms with Crippen molar-refractivity contribution in [2.75, 3.05) is 37.6 Å². The molecule has 29 heavy (non-hydrogen) atoms. The lowest BCUT2D eigenvalue weighted by atomic mass is 10.1. The number of rotatable bonds is 7. The standard InChI is InChI=1S/C21H22N2O6/c1-27-17-8-6-16(7-9-17)23-12-14(10-20(23)25)21(26)29-13-19(24)22-15-4-3-5-18(11-15)28-2/h3-9,11,14H,10,12-13H2,1-2H3,(H,22,24)/t14-/m1/s1. The largest absolute Gasteiger partial charge is 0.497 e. The van der Waals surface area contributed by atoms with Gasteiger partial charge in [-0.1, -0.05) is 6.07 Å². The van der Waals surface area contributed by atoms with Crippen molar-refractivity contribution in [3.63, 3.8) is 0 Å². The van der Waals surface area contributed by atoms with Crippen molar-refractivity contribution in [1.29, 1.82) is 0 Å². The molecule has 0 spiro atoms. The summed E-state index contributed by atoms with van der Waals surface area (Å²) in [6.07, 6.45) is 0.0440. The van der Waals surface area contributed by atoms with Gasteiger partial charge >= 0.3 is 5.97 Å². The molecule has 2 aromatic rings. The number of methoxy groups -OCH3 is 2. The van der Waals surface area contributed by atoms with Gasteiger partial charge in [0.05, 0.1) is 20.1 Å². The first-order valence-corrected chi connectivity index (χ1v) is 9.05. The lowest BCUT2D eigenvalue weighted by Gasteiger charge is -2.17. The molecule has 0 aliphatic carbocycles. The molecule has 152 valence electrons. The Labute approximate surface area is 168 Å². The van der Waals surface area contributed by atoms with Crippen LogP contribution >= 0.6 is 0 Å². The SMILES string of the molecule is COc1ccc(N2C[C@H](C(=O)OCC(=O)Nc3cccc(OC)c3)CC2=O)cc1. The fourth-order valence-corrected chi connectivity index (χ4v) is 3.03. The van der Waals surface area contributed by atoms with Gasteiger partial charge in [-0.2, -0.15) is 0 Å². The molecule has 0 aromatic heterocycles. The number of carbonyl (C=O) groups is 3. The highest BCUT2D eigenvalue weighted by atomic mass is 16.5. The predicted molar refractivity (Wildman–Crippen MR) is 106 cm³/mol. The summed E-state index contributed by atoms with van der Waals surface area (Å²) in [6, 6.07) is 13.8. The Balaban J connectivity index is 1.51. The summed E-state index contributed by atoms with van der Waals surface area (Å²) in [7, 11) is 3.09. The number of anilines is 2. The predicted octanol–water partition coefficient (Wildman–Crippen LogP) is 2.24. The highest BCUT2D eigenvalue weighted by Gasteiger charge is 2.36. The molecule has 0 unspecified atom stereocenters. The average Bonchev–Trinajstić information content (AvgIpc) is 3.14. The van der Waals surface area contributed by atoms with E-state index in [4.69, 9.17) is 14.2 Å². The number of nitrogens with one attached hydrogen (secondary N) is 1. The molecule has 2 amide bonds. The van der Waals surface area contributed by atoms with Crippen molar-refractivity contribution in [3.8, 4) is 11.5 Å². The normalized spacial score (nSPS) is 15.7. The van der Waals surface area contributed by atoms with Gasteiger partial charge in [-0.25, -0.2) is 0 Å². The third-order valence-electron chi connectivity index (χ3n) is 4.54. The second kappa shape index (κ2) is 9.09. The molecule has 1 heterocycles. The second-order valence-electron chi connectivity index (χ2n) is 6.49. The molecule has 1 aliphatic heterocycles. The van der Waals surface area contributed by atoms with Crippen LogP contribution in [0.1, 0.15) is 6.42 Å². The fourth-order valence-electron chi connectivity index (χ4n) is 3.03. The van der Waals surface area contributed by atoms with Crippen LogP contribution in [0.4, 0.5) is 11.4 Å². The first kappa shape index (κ1) is 20.2. The van der Waals surface area contributed by atoms with Crippen LogP contribution in [0, 0.1) is 5.92 Å². The van der Waals surface area contributed by atoms with Gasteiger partial charge in [-0.05, 0) is 36.4 Å². The van der Waals surface area contributed by atoms with Gasteiger partial charge in [0.15, 0.2) is 6.61 Å². The molecule has 8 heteroatoms. The molecule has 0 radical (unpaired) electrons. The first-order chi connectivity index (χ1) is 14.0. The van der Waals surface area contributed by atoms with Crippen LogP contribution in [0.15, 0.2) is 48.5 Å². The summed E-state index contributed by atoms with van der Waals surface area (Å²) in [6.45, 7) is -0.217. The molecule has 1 fully saturated rings. The van der Waals surface area contributed by atoms with E-state index in [-0.39, 0.29) is 18.9 Å². The Bertz CT molecular complexity index is 896. The molecule has 1 N–H and O–H groups in total. The number of nitrogens with zero attached hydrogens (tertiary/aromatic N) is 1. The third kappa shape index (κ3) is 5.04. The molecule has 1 atom stereocenters. The molecule has 8 nitrogen and oxygen atoms in total. The quantitative estimate of drug-likeness (QED) is 0.719. The van der Waals surface area contributed by atoms with Crippen molar-refractivity contribution in [2.24, 2.45) is 5.92 Å². The maximum atomic E-state index is 12.3. The van der Waals surface area contributed by atoms with Crippen molar-refractivity contribution in [1.82, 2.24) is 0 Å². The topological polar surface area (TPSA) is 94.2 Å². The Kier molecular flexibility index (Phi) is 6.33. The Morgan fingerprint density at radius 2 is 1.79 bits per heavy atom. The van der Waals surface area contributed by atoms with Crippen LogP contribution in [-0.4, -0.2) is 45.2 Å². The minimum Gasteiger partial charge on any atom is -0.497 e. The van der Waals surface area contributed by atoms with Crippen molar-refractivity contribution in [2.45, 2.75) is 6.42 Å². The first-order valence-electron chi connectivity index (χ1n) is 9.05. The Hall–Kier alpha value is -3.55. The zero-order valence-corrected chi connectivity index (χ0v) is 16.2. The molecule has 1 aliphatic rings. The van der Waals surface area contributed by atoms with Crippen LogP contribution < -0.4 is 19.7 Å². The molecule has 0 bridgehead atoms. The molecular weight excluding hydrogens is 376 g/mol. The lowest BCUT2D eigenvalue weighted by molar-refractivity contribution is -0.151. The van der Waals surface area contributed by atoms with Gasteiger partial charge in [0, 0.05) is 30.4 Å². The zero-order valence-electron chi connectivity index (χ0n) is 16.2. The monoisotopic (exact) mass is 398 g/mol. The minimum atomic E-state index is -0.616. The third-order valence-corrected chi connectivity index (χ3v) is 4.54. The Morgan fingerprint density at radius 3 is 2.48 bits per heavy atom. The number of carbonyl (C=O) groups excluding carboxylic acids is 3. The molecular formula is C21H22N2O6. The van der Waals surface area contributed by atoms with Crippen LogP contribution in [0.25, 0.3) is 0 Å². The summed E-state index contributed by atoms with van der Waals surface area (Å²) >= 11 is 0. The number of benzene rings is 2. The number of hydrogen-bond acceptors (Lipinski definition) is 6. The fraction of sp³-hybridized carbons (Fsp3) is 0.286. The number of ether oxygens (including phenoxy) is 3. The van der Waals surface area contributed by atoms with E-state index in [1.54, 1.807) is 55.6 Å². The smallest absolute Gasteiger partial charge is 0.311 e. The Morgan fingerprint density at radius 1 is 1.07 bits per heavy atom. The molecule has 1 saturated heterocycles. The van der Waals surface area contributed by atoms with Gasteiger partial charge < -0.3 is 24.4 Å². The van der Waals surface area contributed by atoms with Crippen LogP contribution in [0.5, 0.6) is 11.5 Å². The average molecular weight is 398 g/mol. The number of amides is 2. The zero-order chi connectivity index (χ0) is 20.8. The van der Waals surface area contributed by atoms with Crippen molar-refractivity contribution >= 4 is 29.2 Å². The van der Waals surface area contributed by atoms with E-state index in [0.29, 0.717) is 22.9 Å². The van der Waals surface area contributed by atoms with Crippen LogP contribution in [0.2, 0.25) is 0 Å².